The summed E-state index contributed by atoms with van der Waals surface area (Å²) in [5.41, 5.74) is 2.34. The first-order valence-electron chi connectivity index (χ1n) is 10.4. The van der Waals surface area contributed by atoms with Crippen molar-refractivity contribution in [3.05, 3.63) is 51.7 Å². The lowest BCUT2D eigenvalue weighted by Gasteiger charge is -2.34. The standard InChI is InChI=1S/C23H32O4SSi/c1-23(2,3)18(15-21(27-29(4)5)22-9-7-13-28-22)16-10-11-17-19(8-6-12-24)25-26-20(17)14-16/h7,9-14,18-19,21,29H,6,8,15H2,1-5H3. The van der Waals surface area contributed by atoms with Gasteiger partial charge >= 0.3 is 0 Å². The van der Waals surface area contributed by atoms with E-state index in [0.717, 1.165) is 24.0 Å². The van der Waals surface area contributed by atoms with Crippen LogP contribution < -0.4 is 4.89 Å². The second-order valence-electron chi connectivity index (χ2n) is 9.05. The average Bonchev–Trinajstić information content (AvgIpc) is 3.31. The number of hydrogen-bond donors (Lipinski definition) is 0. The molecule has 29 heavy (non-hydrogen) atoms. The van der Waals surface area contributed by atoms with Gasteiger partial charge in [-0.05, 0) is 60.3 Å². The summed E-state index contributed by atoms with van der Waals surface area (Å²) in [6.07, 6.45) is 2.94. The molecule has 3 unspecified atom stereocenters. The third-order valence-electron chi connectivity index (χ3n) is 5.38. The highest BCUT2D eigenvalue weighted by molar-refractivity contribution is 7.10. The van der Waals surface area contributed by atoms with E-state index in [9.17, 15) is 4.79 Å². The molecule has 0 saturated heterocycles. The number of rotatable bonds is 9. The summed E-state index contributed by atoms with van der Waals surface area (Å²) in [6.45, 7) is 11.3. The van der Waals surface area contributed by atoms with Crippen molar-refractivity contribution in [1.82, 2.24) is 0 Å². The van der Waals surface area contributed by atoms with Gasteiger partial charge in [-0.25, -0.2) is 0 Å². The highest BCUT2D eigenvalue weighted by Crippen LogP contribution is 2.46. The molecule has 0 saturated carbocycles. The molecule has 3 rings (SSSR count). The van der Waals surface area contributed by atoms with E-state index in [-0.39, 0.29) is 17.6 Å². The van der Waals surface area contributed by atoms with Gasteiger partial charge in [-0.2, -0.15) is 4.89 Å². The van der Waals surface area contributed by atoms with Gasteiger partial charge < -0.3 is 14.1 Å². The number of carbonyl (C=O) groups excluding carboxylic acids is 1. The summed E-state index contributed by atoms with van der Waals surface area (Å²) in [5, 5.41) is 2.12. The van der Waals surface area contributed by atoms with Crippen LogP contribution in [0, 0.1) is 5.41 Å². The first kappa shape index (κ1) is 22.2. The van der Waals surface area contributed by atoms with E-state index < -0.39 is 9.04 Å². The Hall–Kier alpha value is -1.47. The molecule has 0 amide bonds. The monoisotopic (exact) mass is 432 g/mol. The molecule has 1 aromatic heterocycles. The van der Waals surface area contributed by atoms with Crippen molar-refractivity contribution in [3.63, 3.8) is 0 Å². The van der Waals surface area contributed by atoms with Gasteiger partial charge in [0.05, 0.1) is 6.10 Å². The molecule has 6 heteroatoms. The first-order chi connectivity index (χ1) is 13.8. The van der Waals surface area contributed by atoms with E-state index in [1.54, 1.807) is 11.3 Å². The number of benzene rings is 1. The summed E-state index contributed by atoms with van der Waals surface area (Å²) < 4.78 is 6.46. The molecular formula is C23H32O4SSi. The second-order valence-corrected chi connectivity index (χ2v) is 12.4. The van der Waals surface area contributed by atoms with Crippen molar-refractivity contribution >= 4 is 26.7 Å². The number of hydrogen-bond acceptors (Lipinski definition) is 5. The van der Waals surface area contributed by atoms with E-state index in [1.165, 1.54) is 10.4 Å². The zero-order chi connectivity index (χ0) is 21.0. The van der Waals surface area contributed by atoms with Crippen LogP contribution in [0.5, 0.6) is 5.75 Å². The number of fused-ring (bicyclic) bond motifs is 1. The Morgan fingerprint density at radius 2 is 2.07 bits per heavy atom. The number of carbonyl (C=O) groups is 1. The van der Waals surface area contributed by atoms with Crippen molar-refractivity contribution in [1.29, 1.82) is 0 Å². The summed E-state index contributed by atoms with van der Waals surface area (Å²) in [6, 6.07) is 10.7. The lowest BCUT2D eigenvalue weighted by molar-refractivity contribution is -0.225. The zero-order valence-corrected chi connectivity index (χ0v) is 20.0. The average molecular weight is 433 g/mol. The lowest BCUT2D eigenvalue weighted by Crippen LogP contribution is -2.23. The maximum atomic E-state index is 10.7. The first-order valence-corrected chi connectivity index (χ1v) is 14.0. The fourth-order valence-corrected chi connectivity index (χ4v) is 5.72. The molecule has 2 heterocycles. The quantitative estimate of drug-likeness (QED) is 0.263. The van der Waals surface area contributed by atoms with Crippen LogP contribution in [-0.2, 0) is 14.1 Å². The molecule has 2 aromatic rings. The SMILES string of the molecule is C[SiH](C)OC(CC(c1ccc2c(c1)OOC2CCC=O)C(C)(C)C)c1cccs1. The van der Waals surface area contributed by atoms with Crippen molar-refractivity contribution in [2.75, 3.05) is 0 Å². The summed E-state index contributed by atoms with van der Waals surface area (Å²) in [4.78, 5) is 23.0. The Labute approximate surface area is 179 Å². The van der Waals surface area contributed by atoms with Crippen molar-refractivity contribution in [2.24, 2.45) is 5.41 Å². The lowest BCUT2D eigenvalue weighted by atomic mass is 9.73. The highest BCUT2D eigenvalue weighted by Gasteiger charge is 2.33. The Balaban J connectivity index is 1.87. The van der Waals surface area contributed by atoms with E-state index in [0.29, 0.717) is 18.8 Å². The predicted octanol–water partition coefficient (Wildman–Crippen LogP) is 6.35. The summed E-state index contributed by atoms with van der Waals surface area (Å²) >= 11 is 1.77. The van der Waals surface area contributed by atoms with Gasteiger partial charge in [-0.1, -0.05) is 39.0 Å². The normalized spacial score (nSPS) is 18.3. The molecule has 1 aliphatic heterocycles. The molecule has 3 atom stereocenters. The molecule has 0 fully saturated rings. The molecule has 0 spiro atoms. The van der Waals surface area contributed by atoms with Crippen molar-refractivity contribution in [2.45, 2.75) is 71.3 Å². The zero-order valence-electron chi connectivity index (χ0n) is 18.0. The number of aldehydes is 1. The summed E-state index contributed by atoms with van der Waals surface area (Å²) in [7, 11) is -1.18. The smallest absolute Gasteiger partial charge is 0.171 e. The van der Waals surface area contributed by atoms with Crippen molar-refractivity contribution in [3.8, 4) is 5.75 Å². The van der Waals surface area contributed by atoms with Crippen LogP contribution in [-0.4, -0.2) is 15.3 Å². The maximum absolute atomic E-state index is 10.7. The van der Waals surface area contributed by atoms with Gasteiger partial charge in [0, 0.05) is 16.9 Å². The van der Waals surface area contributed by atoms with E-state index in [4.69, 9.17) is 14.2 Å². The van der Waals surface area contributed by atoms with Crippen LogP contribution in [0.3, 0.4) is 0 Å². The van der Waals surface area contributed by atoms with Crippen LogP contribution in [0.1, 0.15) is 74.2 Å². The van der Waals surface area contributed by atoms with Gasteiger partial charge in [0.25, 0.3) is 0 Å². The largest absolute Gasteiger partial charge is 0.413 e. The molecule has 0 radical (unpaired) electrons. The van der Waals surface area contributed by atoms with Crippen LogP contribution in [0.2, 0.25) is 13.1 Å². The summed E-state index contributed by atoms with van der Waals surface area (Å²) in [5.74, 6) is 1.09. The third-order valence-corrected chi connectivity index (χ3v) is 7.22. The molecule has 1 aliphatic rings. The minimum atomic E-state index is -1.18. The van der Waals surface area contributed by atoms with E-state index >= 15 is 0 Å². The molecule has 1 aromatic carbocycles. The Bertz CT molecular complexity index is 798. The molecule has 4 nitrogen and oxygen atoms in total. The number of thiophene rings is 1. The molecular weight excluding hydrogens is 400 g/mol. The Morgan fingerprint density at radius 3 is 2.69 bits per heavy atom. The molecule has 158 valence electrons. The van der Waals surface area contributed by atoms with E-state index in [2.05, 4.69) is 69.6 Å². The minimum Gasteiger partial charge on any atom is -0.413 e. The predicted molar refractivity (Wildman–Crippen MR) is 120 cm³/mol. The molecule has 0 aliphatic carbocycles. The van der Waals surface area contributed by atoms with Crippen LogP contribution in [0.25, 0.3) is 0 Å². The van der Waals surface area contributed by atoms with Gasteiger partial charge in [-0.3, -0.25) is 0 Å². The van der Waals surface area contributed by atoms with Crippen LogP contribution >= 0.6 is 11.3 Å². The molecule has 0 N–H and O–H groups in total. The maximum Gasteiger partial charge on any atom is 0.171 e. The van der Waals surface area contributed by atoms with E-state index in [1.807, 2.05) is 0 Å². The topological polar surface area (TPSA) is 44.8 Å². The Morgan fingerprint density at radius 1 is 1.28 bits per heavy atom. The molecule has 0 bridgehead atoms. The second kappa shape index (κ2) is 9.56. The van der Waals surface area contributed by atoms with Crippen LogP contribution in [0.4, 0.5) is 0 Å². The van der Waals surface area contributed by atoms with Gasteiger partial charge in [0.15, 0.2) is 14.8 Å². The van der Waals surface area contributed by atoms with Crippen LogP contribution in [0.15, 0.2) is 35.7 Å². The van der Waals surface area contributed by atoms with Gasteiger partial charge in [-0.15, -0.1) is 11.3 Å². The fraction of sp³-hybridized carbons (Fsp3) is 0.522. The third kappa shape index (κ3) is 5.57. The highest BCUT2D eigenvalue weighted by atomic mass is 32.1. The Kier molecular flexibility index (Phi) is 7.32. The van der Waals surface area contributed by atoms with Gasteiger partial charge in [0.2, 0.25) is 0 Å². The fourth-order valence-electron chi connectivity index (χ4n) is 3.94. The van der Waals surface area contributed by atoms with Crippen molar-refractivity contribution < 1.29 is 19.0 Å². The van der Waals surface area contributed by atoms with Gasteiger partial charge in [0.1, 0.15) is 12.4 Å². The minimum absolute atomic E-state index is 0.0715.